The second-order valence-electron chi connectivity index (χ2n) is 5.67. The lowest BCUT2D eigenvalue weighted by Crippen LogP contribution is -2.26. The molecule has 0 aliphatic heterocycles. The third kappa shape index (κ3) is 3.83. The number of carbonyl (C=O) groups excluding carboxylic acids is 1. The quantitative estimate of drug-likeness (QED) is 0.736. The van der Waals surface area contributed by atoms with Crippen LogP contribution in [0.5, 0.6) is 5.75 Å². The minimum absolute atomic E-state index is 0.215. The molecule has 0 saturated heterocycles. The van der Waals surface area contributed by atoms with Crippen LogP contribution in [0.15, 0.2) is 54.6 Å². The van der Waals surface area contributed by atoms with Crippen LogP contribution in [0.3, 0.4) is 0 Å². The number of phenols is 1. The van der Waals surface area contributed by atoms with E-state index >= 15 is 0 Å². The van der Waals surface area contributed by atoms with Crippen molar-refractivity contribution in [2.45, 2.75) is 13.3 Å². The molecular formula is C19H18ClN3O2. The third-order valence-electron chi connectivity index (χ3n) is 3.84. The molecule has 25 heavy (non-hydrogen) atoms. The standard InChI is InChI=1S/C19H18ClN3O2/c1-13-17(18(20)23(22-13)15-7-3-2-4-8-15)19(25)21-11-10-14-6-5-9-16(24)12-14/h2-9,12,24H,10-11H2,1H3,(H,21,25). The van der Waals surface area contributed by atoms with Gasteiger partial charge in [-0.3, -0.25) is 4.79 Å². The Morgan fingerprint density at radius 1 is 1.20 bits per heavy atom. The highest BCUT2D eigenvalue weighted by Crippen LogP contribution is 2.23. The number of hydrogen-bond donors (Lipinski definition) is 2. The lowest BCUT2D eigenvalue weighted by Gasteiger charge is -2.06. The van der Waals surface area contributed by atoms with Crippen molar-refractivity contribution in [3.63, 3.8) is 0 Å². The van der Waals surface area contributed by atoms with Crippen molar-refractivity contribution in [1.29, 1.82) is 0 Å². The second-order valence-corrected chi connectivity index (χ2v) is 6.03. The minimum Gasteiger partial charge on any atom is -0.508 e. The van der Waals surface area contributed by atoms with Crippen molar-refractivity contribution in [2.24, 2.45) is 0 Å². The summed E-state index contributed by atoms with van der Waals surface area (Å²) in [6.07, 6.45) is 0.615. The number of para-hydroxylation sites is 1. The molecule has 5 nitrogen and oxygen atoms in total. The van der Waals surface area contributed by atoms with Crippen molar-refractivity contribution < 1.29 is 9.90 Å². The number of hydrogen-bond acceptors (Lipinski definition) is 3. The summed E-state index contributed by atoms with van der Waals surface area (Å²) >= 11 is 6.38. The average molecular weight is 356 g/mol. The van der Waals surface area contributed by atoms with Gasteiger partial charge in [0.25, 0.3) is 5.91 Å². The Balaban J connectivity index is 1.71. The number of aryl methyl sites for hydroxylation is 1. The molecule has 0 unspecified atom stereocenters. The molecule has 3 rings (SSSR count). The van der Waals surface area contributed by atoms with Crippen molar-refractivity contribution in [3.8, 4) is 11.4 Å². The largest absolute Gasteiger partial charge is 0.508 e. The van der Waals surface area contributed by atoms with Gasteiger partial charge in [-0.1, -0.05) is 41.9 Å². The summed E-state index contributed by atoms with van der Waals surface area (Å²) in [5.74, 6) is -0.0447. The molecular weight excluding hydrogens is 338 g/mol. The number of benzene rings is 2. The van der Waals surface area contributed by atoms with Gasteiger partial charge in [-0.2, -0.15) is 5.10 Å². The smallest absolute Gasteiger partial charge is 0.256 e. The predicted octanol–water partition coefficient (Wildman–Crippen LogP) is 3.51. The number of aromatic nitrogens is 2. The molecule has 1 heterocycles. The van der Waals surface area contributed by atoms with Gasteiger partial charge in [0.2, 0.25) is 0 Å². The van der Waals surface area contributed by atoms with Gasteiger partial charge in [-0.25, -0.2) is 4.68 Å². The van der Waals surface area contributed by atoms with Gasteiger partial charge >= 0.3 is 0 Å². The molecule has 0 fully saturated rings. The number of carbonyl (C=O) groups is 1. The fraction of sp³-hybridized carbons (Fsp3) is 0.158. The zero-order chi connectivity index (χ0) is 17.8. The number of phenolic OH excluding ortho intramolecular Hbond substituents is 1. The van der Waals surface area contributed by atoms with E-state index in [1.807, 2.05) is 36.4 Å². The van der Waals surface area contributed by atoms with Crippen LogP contribution >= 0.6 is 11.6 Å². The molecule has 0 aliphatic carbocycles. The number of rotatable bonds is 5. The molecule has 1 amide bonds. The number of nitrogens with zero attached hydrogens (tertiary/aromatic N) is 2. The fourth-order valence-corrected chi connectivity index (χ4v) is 2.98. The molecule has 0 radical (unpaired) electrons. The van der Waals surface area contributed by atoms with E-state index in [-0.39, 0.29) is 11.7 Å². The van der Waals surface area contributed by atoms with Crippen LogP contribution in [0, 0.1) is 6.92 Å². The van der Waals surface area contributed by atoms with Gasteiger partial charge in [-0.05, 0) is 43.2 Å². The van der Waals surface area contributed by atoms with Crippen molar-refractivity contribution in [2.75, 3.05) is 6.54 Å². The molecule has 3 aromatic rings. The highest BCUT2D eigenvalue weighted by molar-refractivity contribution is 6.33. The Kier molecular flexibility index (Phi) is 5.05. The van der Waals surface area contributed by atoms with Gasteiger partial charge in [0.1, 0.15) is 10.9 Å². The Hall–Kier alpha value is -2.79. The Bertz CT molecular complexity index is 891. The third-order valence-corrected chi connectivity index (χ3v) is 4.19. The first-order valence-corrected chi connectivity index (χ1v) is 8.30. The molecule has 2 aromatic carbocycles. The summed E-state index contributed by atoms with van der Waals surface area (Å²) in [4.78, 5) is 12.5. The van der Waals surface area contributed by atoms with Gasteiger partial charge in [0, 0.05) is 6.54 Å². The molecule has 2 N–H and O–H groups in total. The summed E-state index contributed by atoms with van der Waals surface area (Å²) in [5.41, 5.74) is 2.70. The van der Waals surface area contributed by atoms with Crippen molar-refractivity contribution >= 4 is 17.5 Å². The van der Waals surface area contributed by atoms with E-state index in [1.54, 1.807) is 29.8 Å². The first-order chi connectivity index (χ1) is 12.1. The summed E-state index contributed by atoms with van der Waals surface area (Å²) in [7, 11) is 0. The Labute approximate surface area is 150 Å². The first kappa shape index (κ1) is 17.0. The monoisotopic (exact) mass is 355 g/mol. The zero-order valence-corrected chi connectivity index (χ0v) is 14.5. The fourth-order valence-electron chi connectivity index (χ4n) is 2.62. The lowest BCUT2D eigenvalue weighted by molar-refractivity contribution is 0.0953. The van der Waals surface area contributed by atoms with Gasteiger partial charge in [-0.15, -0.1) is 0 Å². The van der Waals surface area contributed by atoms with Crippen LogP contribution in [-0.2, 0) is 6.42 Å². The highest BCUT2D eigenvalue weighted by Gasteiger charge is 2.20. The van der Waals surface area contributed by atoms with E-state index in [9.17, 15) is 9.90 Å². The predicted molar refractivity (Wildman–Crippen MR) is 97.5 cm³/mol. The maximum absolute atomic E-state index is 12.5. The van der Waals surface area contributed by atoms with Gasteiger partial charge < -0.3 is 10.4 Å². The molecule has 0 atom stereocenters. The summed E-state index contributed by atoms with van der Waals surface area (Å²) in [5, 5.41) is 17.0. The summed E-state index contributed by atoms with van der Waals surface area (Å²) in [6, 6.07) is 16.4. The van der Waals surface area contributed by atoms with Crippen LogP contribution in [0.25, 0.3) is 5.69 Å². The topological polar surface area (TPSA) is 67.2 Å². The van der Waals surface area contributed by atoms with E-state index in [4.69, 9.17) is 11.6 Å². The Morgan fingerprint density at radius 2 is 1.96 bits per heavy atom. The zero-order valence-electron chi connectivity index (χ0n) is 13.7. The SMILES string of the molecule is Cc1nn(-c2ccccc2)c(Cl)c1C(=O)NCCc1cccc(O)c1. The van der Waals surface area contributed by atoms with Crippen LogP contribution in [-0.4, -0.2) is 27.3 Å². The minimum atomic E-state index is -0.259. The molecule has 1 aromatic heterocycles. The molecule has 0 bridgehead atoms. The van der Waals surface area contributed by atoms with E-state index in [0.29, 0.717) is 29.4 Å². The average Bonchev–Trinajstić information content (AvgIpc) is 2.90. The van der Waals surface area contributed by atoms with Crippen LogP contribution in [0.1, 0.15) is 21.6 Å². The van der Waals surface area contributed by atoms with E-state index in [2.05, 4.69) is 10.4 Å². The van der Waals surface area contributed by atoms with Crippen LogP contribution < -0.4 is 5.32 Å². The molecule has 0 aliphatic rings. The molecule has 0 saturated carbocycles. The Morgan fingerprint density at radius 3 is 2.68 bits per heavy atom. The number of aromatic hydroxyl groups is 1. The van der Waals surface area contributed by atoms with Gasteiger partial charge in [0.05, 0.1) is 16.9 Å². The molecule has 0 spiro atoms. The maximum Gasteiger partial charge on any atom is 0.256 e. The highest BCUT2D eigenvalue weighted by atomic mass is 35.5. The van der Waals surface area contributed by atoms with Crippen LogP contribution in [0.4, 0.5) is 0 Å². The normalized spacial score (nSPS) is 10.6. The van der Waals surface area contributed by atoms with E-state index in [1.165, 1.54) is 0 Å². The molecule has 6 heteroatoms. The van der Waals surface area contributed by atoms with Gasteiger partial charge in [0.15, 0.2) is 0 Å². The van der Waals surface area contributed by atoms with Crippen LogP contribution in [0.2, 0.25) is 5.15 Å². The number of amides is 1. The number of halogens is 1. The van der Waals surface area contributed by atoms with E-state index in [0.717, 1.165) is 11.3 Å². The summed E-state index contributed by atoms with van der Waals surface area (Å²) < 4.78 is 1.56. The number of nitrogens with one attached hydrogen (secondary N) is 1. The molecule has 128 valence electrons. The second kappa shape index (κ2) is 7.40. The van der Waals surface area contributed by atoms with Crippen molar-refractivity contribution in [3.05, 3.63) is 76.6 Å². The summed E-state index contributed by atoms with van der Waals surface area (Å²) in [6.45, 7) is 2.20. The lowest BCUT2D eigenvalue weighted by atomic mass is 10.1. The first-order valence-electron chi connectivity index (χ1n) is 7.93. The van der Waals surface area contributed by atoms with Crippen molar-refractivity contribution in [1.82, 2.24) is 15.1 Å². The van der Waals surface area contributed by atoms with E-state index < -0.39 is 0 Å². The maximum atomic E-state index is 12.5.